The summed E-state index contributed by atoms with van der Waals surface area (Å²) in [6.07, 6.45) is 5.66. The van der Waals surface area contributed by atoms with Crippen LogP contribution in [0.3, 0.4) is 0 Å². The van der Waals surface area contributed by atoms with Crippen molar-refractivity contribution in [2.45, 2.75) is 27.2 Å². The molecule has 0 saturated carbocycles. The summed E-state index contributed by atoms with van der Waals surface area (Å²) in [4.78, 5) is 0. The quantitative estimate of drug-likeness (QED) is 0.489. The van der Waals surface area contributed by atoms with Crippen LogP contribution in [-0.2, 0) is 20.4 Å². The Bertz CT molecular complexity index is 191. The van der Waals surface area contributed by atoms with Crippen molar-refractivity contribution in [1.82, 2.24) is 0 Å². The van der Waals surface area contributed by atoms with Crippen molar-refractivity contribution in [2.75, 3.05) is 0 Å². The summed E-state index contributed by atoms with van der Waals surface area (Å²) in [7, 11) is 0. The van der Waals surface area contributed by atoms with Crippen LogP contribution in [0.4, 0.5) is 0 Å². The van der Waals surface area contributed by atoms with E-state index in [1.54, 1.807) is 0 Å². The molecule has 0 aromatic heterocycles. The third kappa shape index (κ3) is 1.62. The summed E-state index contributed by atoms with van der Waals surface area (Å²) in [5.74, 6) is 0. The zero-order valence-corrected chi connectivity index (χ0v) is 8.42. The summed E-state index contributed by atoms with van der Waals surface area (Å²) in [6.45, 7) is 6.80. The zero-order chi connectivity index (χ0) is 7.78. The molecule has 1 heteroatoms. The topological polar surface area (TPSA) is 0 Å². The van der Waals surface area contributed by atoms with Crippen molar-refractivity contribution in [2.24, 2.45) is 5.41 Å². The van der Waals surface area contributed by atoms with Gasteiger partial charge in [-0.2, -0.15) is 0 Å². The number of hydrogen-bond donors (Lipinski definition) is 0. The summed E-state index contributed by atoms with van der Waals surface area (Å²) in [5.41, 5.74) is 1.87. The van der Waals surface area contributed by atoms with Crippen LogP contribution < -0.4 is 0 Å². The van der Waals surface area contributed by atoms with Gasteiger partial charge < -0.3 is 0 Å². The molecule has 53 valence electrons. The molecule has 0 aliphatic heterocycles. The molecule has 0 amide bonds. The minimum atomic E-state index is 0.344. The van der Waals surface area contributed by atoms with Crippen LogP contribution in [0.25, 0.3) is 0 Å². The molecule has 0 radical (unpaired) electrons. The van der Waals surface area contributed by atoms with Crippen molar-refractivity contribution in [1.29, 1.82) is 0 Å². The molecule has 0 atom stereocenters. The Morgan fingerprint density at radius 3 is 2.20 bits per heavy atom. The van der Waals surface area contributed by atoms with E-state index in [4.69, 9.17) is 0 Å². The second kappa shape index (κ2) is 2.67. The van der Waals surface area contributed by atoms with E-state index in [0.29, 0.717) is 5.41 Å². The molecular weight excluding hydrogens is 156 g/mol. The van der Waals surface area contributed by atoms with Crippen molar-refractivity contribution in [3.63, 3.8) is 0 Å². The van der Waals surface area contributed by atoms with Gasteiger partial charge in [0.2, 0.25) is 0 Å². The Hall–Kier alpha value is 0.194. The van der Waals surface area contributed by atoms with Crippen LogP contribution in [0.15, 0.2) is 21.6 Å². The van der Waals surface area contributed by atoms with Gasteiger partial charge in [0.25, 0.3) is 0 Å². The first-order chi connectivity index (χ1) is 4.52. The molecule has 1 aliphatic rings. The molecule has 0 unspecified atom stereocenters. The third-order valence-corrected chi connectivity index (χ3v) is 2.48. The standard InChI is InChI=1S/C9H13.Ti/c1-9(2,3)8-6-4-5-7-8;/h4,6H,5H2,1-3H3;. The summed E-state index contributed by atoms with van der Waals surface area (Å²) in [6, 6.07) is 0. The molecule has 0 nitrogen and oxygen atoms in total. The number of rotatable bonds is 0. The van der Waals surface area contributed by atoms with Crippen LogP contribution >= 0.6 is 0 Å². The average molecular weight is 169 g/mol. The third-order valence-electron chi connectivity index (χ3n) is 1.74. The molecule has 0 N–H and O–H groups in total. The Kier molecular flexibility index (Phi) is 2.22. The van der Waals surface area contributed by atoms with Gasteiger partial charge in [0.15, 0.2) is 0 Å². The van der Waals surface area contributed by atoms with Gasteiger partial charge in [-0.1, -0.05) is 0 Å². The van der Waals surface area contributed by atoms with Gasteiger partial charge >= 0.3 is 74.6 Å². The molecule has 0 aromatic carbocycles. The van der Waals surface area contributed by atoms with E-state index in [1.807, 2.05) is 0 Å². The van der Waals surface area contributed by atoms with E-state index in [0.717, 1.165) is 6.42 Å². The Balaban J connectivity index is 2.91. The fourth-order valence-electron chi connectivity index (χ4n) is 1.21. The summed E-state index contributed by atoms with van der Waals surface area (Å²) in [5, 5.41) is 0. The van der Waals surface area contributed by atoms with Gasteiger partial charge in [-0.3, -0.25) is 0 Å². The Labute approximate surface area is 74.8 Å². The van der Waals surface area contributed by atoms with E-state index in [1.165, 1.54) is 9.45 Å². The Morgan fingerprint density at radius 1 is 1.40 bits per heavy atom. The van der Waals surface area contributed by atoms with E-state index >= 15 is 0 Å². The first kappa shape index (κ1) is 8.29. The van der Waals surface area contributed by atoms with Gasteiger partial charge in [-0.15, -0.1) is 0 Å². The predicted octanol–water partition coefficient (Wildman–Crippen LogP) is 2.79. The molecular formula is C9H13Ti. The first-order valence-electron chi connectivity index (χ1n) is 3.63. The van der Waals surface area contributed by atoms with Crippen molar-refractivity contribution in [3.8, 4) is 0 Å². The van der Waals surface area contributed by atoms with Gasteiger partial charge in [-0.25, -0.2) is 0 Å². The molecule has 0 fully saturated rings. The van der Waals surface area contributed by atoms with Crippen molar-refractivity contribution in [3.05, 3.63) is 21.6 Å². The molecule has 10 heavy (non-hydrogen) atoms. The summed E-state index contributed by atoms with van der Waals surface area (Å²) >= 11 is 2.22. The summed E-state index contributed by atoms with van der Waals surface area (Å²) < 4.78 is 1.53. The van der Waals surface area contributed by atoms with E-state index in [9.17, 15) is 0 Å². The van der Waals surface area contributed by atoms with Gasteiger partial charge in [0.05, 0.1) is 0 Å². The number of allylic oxidation sites excluding steroid dienone is 4. The predicted molar refractivity (Wildman–Crippen MR) is 40.2 cm³/mol. The molecule has 0 spiro atoms. The van der Waals surface area contributed by atoms with Crippen molar-refractivity contribution >= 4 is 0 Å². The molecule has 0 heterocycles. The second-order valence-electron chi connectivity index (χ2n) is 3.75. The van der Waals surface area contributed by atoms with E-state index < -0.39 is 0 Å². The van der Waals surface area contributed by atoms with Crippen LogP contribution in [0.1, 0.15) is 27.2 Å². The molecule has 0 aromatic rings. The van der Waals surface area contributed by atoms with Crippen molar-refractivity contribution < 1.29 is 20.4 Å². The van der Waals surface area contributed by atoms with E-state index in [-0.39, 0.29) is 0 Å². The fraction of sp³-hybridized carbons (Fsp3) is 0.556. The monoisotopic (exact) mass is 169 g/mol. The normalized spacial score (nSPS) is 18.6. The van der Waals surface area contributed by atoms with Crippen LogP contribution in [0.2, 0.25) is 0 Å². The maximum absolute atomic E-state index is 2.27. The van der Waals surface area contributed by atoms with Gasteiger partial charge in [0, 0.05) is 0 Å². The van der Waals surface area contributed by atoms with Crippen LogP contribution in [0, 0.1) is 5.41 Å². The zero-order valence-electron chi connectivity index (χ0n) is 6.86. The maximum atomic E-state index is 2.27. The van der Waals surface area contributed by atoms with Crippen LogP contribution in [-0.4, -0.2) is 0 Å². The average Bonchev–Trinajstić information content (AvgIpc) is 2.11. The Morgan fingerprint density at radius 2 is 2.00 bits per heavy atom. The van der Waals surface area contributed by atoms with Gasteiger partial charge in [0.1, 0.15) is 0 Å². The van der Waals surface area contributed by atoms with Gasteiger partial charge in [-0.05, 0) is 0 Å². The number of hydrogen-bond acceptors (Lipinski definition) is 0. The SMILES string of the molecule is CC(C)(C)C1=[C]([Ti])CC=C1. The second-order valence-corrected chi connectivity index (χ2v) is 4.69. The molecule has 0 saturated heterocycles. The molecule has 0 bridgehead atoms. The molecule has 1 aliphatic carbocycles. The fourth-order valence-corrected chi connectivity index (χ4v) is 2.11. The molecule has 1 rings (SSSR count). The first-order valence-corrected chi connectivity index (χ1v) is 4.41. The van der Waals surface area contributed by atoms with E-state index in [2.05, 4.69) is 53.4 Å². The minimum absolute atomic E-state index is 0.344. The van der Waals surface area contributed by atoms with Crippen LogP contribution in [0.5, 0.6) is 0 Å².